The zero-order chi connectivity index (χ0) is 16.7. The number of quaternary nitrogens is 1. The van der Waals surface area contributed by atoms with Crippen LogP contribution in [0.25, 0.3) is 0 Å². The second kappa shape index (κ2) is 8.85. The van der Waals surface area contributed by atoms with Crippen LogP contribution in [-0.2, 0) is 17.9 Å². The van der Waals surface area contributed by atoms with Gasteiger partial charge in [-0.15, -0.1) is 11.3 Å². The highest BCUT2D eigenvalue weighted by atomic mass is 32.1. The highest BCUT2D eigenvalue weighted by Crippen LogP contribution is 2.19. The fraction of sp³-hybridized carbons (Fsp3) is 0.421. The van der Waals surface area contributed by atoms with Gasteiger partial charge >= 0.3 is 0 Å². The highest BCUT2D eigenvalue weighted by molar-refractivity contribution is 7.10. The molecule has 0 saturated heterocycles. The third-order valence-corrected chi connectivity index (χ3v) is 5.22. The number of thiophene rings is 1. The molecule has 0 fully saturated rings. The summed E-state index contributed by atoms with van der Waals surface area (Å²) >= 11 is 1.73. The minimum atomic E-state index is 0.210. The fourth-order valence-electron chi connectivity index (χ4n) is 2.37. The lowest BCUT2D eigenvalue weighted by molar-refractivity contribution is -0.676. The molecule has 2 aromatic rings. The molecule has 3 nitrogen and oxygen atoms in total. The summed E-state index contributed by atoms with van der Waals surface area (Å²) in [5.41, 5.74) is 2.45. The molecule has 1 aromatic heterocycles. The Morgan fingerprint density at radius 3 is 2.57 bits per heavy atom. The Bertz CT molecular complexity index is 609. The molecule has 0 aliphatic heterocycles. The maximum Gasteiger partial charge on any atom is 0.278 e. The van der Waals surface area contributed by atoms with Crippen LogP contribution < -0.4 is 5.32 Å². The van der Waals surface area contributed by atoms with Crippen molar-refractivity contribution in [3.63, 3.8) is 0 Å². The van der Waals surface area contributed by atoms with Crippen LogP contribution >= 0.6 is 11.3 Å². The van der Waals surface area contributed by atoms with Gasteiger partial charge in [0.05, 0.1) is 12.6 Å². The lowest BCUT2D eigenvalue weighted by Gasteiger charge is -2.23. The van der Waals surface area contributed by atoms with Crippen molar-refractivity contribution in [3.8, 4) is 0 Å². The number of aryl methyl sites for hydroxylation is 1. The molecule has 23 heavy (non-hydrogen) atoms. The van der Waals surface area contributed by atoms with Crippen molar-refractivity contribution < 1.29 is 10.1 Å². The summed E-state index contributed by atoms with van der Waals surface area (Å²) in [4.78, 5) is 16.0. The minimum absolute atomic E-state index is 0.210. The molecule has 1 atom stereocenters. The van der Waals surface area contributed by atoms with Crippen LogP contribution in [0, 0.1) is 6.92 Å². The van der Waals surface area contributed by atoms with Gasteiger partial charge in [0.2, 0.25) is 0 Å². The molecule has 2 N–H and O–H groups in total. The predicted octanol–water partition coefficient (Wildman–Crippen LogP) is 2.95. The van der Waals surface area contributed by atoms with Gasteiger partial charge in [-0.05, 0) is 42.8 Å². The monoisotopic (exact) mass is 331 g/mol. The number of hydrogen-bond donors (Lipinski definition) is 1. The van der Waals surface area contributed by atoms with Crippen LogP contribution in [0.3, 0.4) is 0 Å². The van der Waals surface area contributed by atoms with E-state index in [0.29, 0.717) is 25.7 Å². The van der Waals surface area contributed by atoms with E-state index >= 15 is 0 Å². The first kappa shape index (κ1) is 17.7. The second-order valence-corrected chi connectivity index (χ2v) is 7.09. The molecule has 124 valence electrons. The maximum absolute atomic E-state index is 12.7. The Morgan fingerprint density at radius 2 is 1.96 bits per heavy atom. The Labute approximate surface area is 143 Å². The van der Waals surface area contributed by atoms with Gasteiger partial charge in [0.1, 0.15) is 0 Å². The number of carbonyl (C=O) groups is 1. The van der Waals surface area contributed by atoms with Gasteiger partial charge < -0.3 is 10.2 Å². The Morgan fingerprint density at radius 1 is 1.22 bits per heavy atom. The Balaban J connectivity index is 2.07. The molecule has 0 unspecified atom stereocenters. The van der Waals surface area contributed by atoms with E-state index in [2.05, 4.69) is 49.7 Å². The van der Waals surface area contributed by atoms with Crippen molar-refractivity contribution in [2.45, 2.75) is 46.3 Å². The standard InChI is InChI=1S/C19H26N2OS/c1-4-16(3)20-12-19(22)21(13-17-8-6-5-7-9-17)14-18-15(2)10-11-23-18/h5-11,16,20H,4,12-14H2,1-3H3/p+1/t16-/m1/s1. The number of amides is 1. The first-order chi connectivity index (χ1) is 11.1. The number of hydrogen-bond acceptors (Lipinski definition) is 2. The molecule has 2 rings (SSSR count). The number of rotatable bonds is 8. The average Bonchev–Trinajstić information content (AvgIpc) is 2.97. The molecule has 0 aliphatic carbocycles. The van der Waals surface area contributed by atoms with Gasteiger partial charge in [0.25, 0.3) is 5.91 Å². The molecule has 0 radical (unpaired) electrons. The van der Waals surface area contributed by atoms with Crippen molar-refractivity contribution in [1.82, 2.24) is 4.90 Å². The molecule has 0 saturated carbocycles. The Hall–Kier alpha value is -1.65. The van der Waals surface area contributed by atoms with Crippen molar-refractivity contribution in [1.29, 1.82) is 0 Å². The van der Waals surface area contributed by atoms with Gasteiger partial charge in [0.15, 0.2) is 6.54 Å². The van der Waals surface area contributed by atoms with Crippen LogP contribution in [0.2, 0.25) is 0 Å². The van der Waals surface area contributed by atoms with Crippen molar-refractivity contribution in [3.05, 3.63) is 57.8 Å². The van der Waals surface area contributed by atoms with E-state index in [0.717, 1.165) is 6.42 Å². The van der Waals surface area contributed by atoms with E-state index in [9.17, 15) is 4.79 Å². The molecule has 1 aromatic carbocycles. The first-order valence-electron chi connectivity index (χ1n) is 8.28. The molecule has 1 amide bonds. The third kappa shape index (κ3) is 5.48. The average molecular weight is 332 g/mol. The summed E-state index contributed by atoms with van der Waals surface area (Å²) in [6.45, 7) is 8.33. The van der Waals surface area contributed by atoms with Crippen molar-refractivity contribution >= 4 is 17.2 Å². The minimum Gasteiger partial charge on any atom is -0.336 e. The summed E-state index contributed by atoms with van der Waals surface area (Å²) in [6, 6.07) is 12.8. The van der Waals surface area contributed by atoms with E-state index in [1.54, 1.807) is 11.3 Å². The number of nitrogens with two attached hydrogens (primary N) is 1. The number of carbonyl (C=O) groups excluding carboxylic acids is 1. The van der Waals surface area contributed by atoms with E-state index < -0.39 is 0 Å². The lowest BCUT2D eigenvalue weighted by atomic mass is 10.2. The highest BCUT2D eigenvalue weighted by Gasteiger charge is 2.18. The van der Waals surface area contributed by atoms with Crippen LogP contribution in [0.15, 0.2) is 41.8 Å². The maximum atomic E-state index is 12.7. The number of nitrogens with zero attached hydrogens (tertiary/aromatic N) is 1. The SMILES string of the molecule is CC[C@@H](C)[NH2+]CC(=O)N(Cc1ccccc1)Cc1sccc1C. The van der Waals surface area contributed by atoms with Gasteiger partial charge in [-0.2, -0.15) is 0 Å². The van der Waals surface area contributed by atoms with Crippen LogP contribution in [-0.4, -0.2) is 23.4 Å². The lowest BCUT2D eigenvalue weighted by Crippen LogP contribution is -2.91. The molecule has 0 bridgehead atoms. The van der Waals surface area contributed by atoms with Crippen LogP contribution in [0.4, 0.5) is 0 Å². The normalized spacial score (nSPS) is 12.1. The van der Waals surface area contributed by atoms with E-state index in [1.807, 2.05) is 23.1 Å². The van der Waals surface area contributed by atoms with Crippen LogP contribution in [0.5, 0.6) is 0 Å². The number of benzene rings is 1. The summed E-state index contributed by atoms with van der Waals surface area (Å²) < 4.78 is 0. The van der Waals surface area contributed by atoms with Crippen molar-refractivity contribution in [2.24, 2.45) is 0 Å². The molecular weight excluding hydrogens is 304 g/mol. The zero-order valence-corrected chi connectivity index (χ0v) is 15.1. The van der Waals surface area contributed by atoms with E-state index in [4.69, 9.17) is 0 Å². The molecule has 0 aliphatic rings. The topological polar surface area (TPSA) is 36.9 Å². The van der Waals surface area contributed by atoms with Crippen LogP contribution in [0.1, 0.15) is 36.3 Å². The summed E-state index contributed by atoms with van der Waals surface area (Å²) in [7, 11) is 0. The molecular formula is C19H27N2OS+. The second-order valence-electron chi connectivity index (χ2n) is 6.09. The molecule has 0 spiro atoms. The molecule has 4 heteroatoms. The summed E-state index contributed by atoms with van der Waals surface area (Å²) in [5.74, 6) is 0.210. The summed E-state index contributed by atoms with van der Waals surface area (Å²) in [6.07, 6.45) is 1.08. The Kier molecular flexibility index (Phi) is 6.81. The zero-order valence-electron chi connectivity index (χ0n) is 14.3. The largest absolute Gasteiger partial charge is 0.336 e. The van der Waals surface area contributed by atoms with Gasteiger partial charge in [0, 0.05) is 11.4 Å². The molecule has 1 heterocycles. The smallest absolute Gasteiger partial charge is 0.278 e. The van der Waals surface area contributed by atoms with E-state index in [-0.39, 0.29) is 5.91 Å². The third-order valence-electron chi connectivity index (χ3n) is 4.21. The fourth-order valence-corrected chi connectivity index (χ4v) is 3.29. The van der Waals surface area contributed by atoms with Crippen molar-refractivity contribution in [2.75, 3.05) is 6.54 Å². The predicted molar refractivity (Wildman–Crippen MR) is 96.3 cm³/mol. The summed E-state index contributed by atoms with van der Waals surface area (Å²) in [5, 5.41) is 4.24. The van der Waals surface area contributed by atoms with Gasteiger partial charge in [-0.25, -0.2) is 0 Å². The quantitative estimate of drug-likeness (QED) is 0.793. The van der Waals surface area contributed by atoms with E-state index in [1.165, 1.54) is 16.0 Å². The van der Waals surface area contributed by atoms with Gasteiger partial charge in [-0.1, -0.05) is 37.3 Å². The first-order valence-corrected chi connectivity index (χ1v) is 9.16. The van der Waals surface area contributed by atoms with Gasteiger partial charge in [-0.3, -0.25) is 4.79 Å².